The first-order valence-corrected chi connectivity index (χ1v) is 5.82. The molecule has 0 radical (unpaired) electrons. The van der Waals surface area contributed by atoms with Crippen molar-refractivity contribution >= 4 is 11.8 Å². The smallest absolute Gasteiger partial charge is 0.413 e. The van der Waals surface area contributed by atoms with E-state index in [0.717, 1.165) is 11.3 Å². The number of amides is 1. The maximum absolute atomic E-state index is 11.4. The van der Waals surface area contributed by atoms with Crippen molar-refractivity contribution in [3.63, 3.8) is 0 Å². The van der Waals surface area contributed by atoms with Crippen molar-refractivity contribution in [1.29, 1.82) is 0 Å². The number of hydrogen-bond donors (Lipinski definition) is 1. The van der Waals surface area contributed by atoms with Crippen LogP contribution < -0.4 is 5.32 Å². The van der Waals surface area contributed by atoms with E-state index >= 15 is 0 Å². The second-order valence-electron chi connectivity index (χ2n) is 3.98. The third-order valence-corrected chi connectivity index (χ3v) is 2.70. The summed E-state index contributed by atoms with van der Waals surface area (Å²) in [5.41, 5.74) is 2.24. The number of anilines is 1. The van der Waals surface area contributed by atoms with Gasteiger partial charge in [-0.15, -0.1) is 0 Å². The van der Waals surface area contributed by atoms with Gasteiger partial charge in [-0.05, 0) is 30.0 Å². The van der Waals surface area contributed by atoms with Gasteiger partial charge in [0.05, 0.1) is 5.69 Å². The summed E-state index contributed by atoms with van der Waals surface area (Å²) in [6.07, 6.45) is 0.623. The zero-order chi connectivity index (χ0) is 13.1. The first kappa shape index (κ1) is 11.3. The lowest BCUT2D eigenvalue weighted by Crippen LogP contribution is -2.23. The van der Waals surface area contributed by atoms with Gasteiger partial charge in [-0.3, -0.25) is 5.32 Å². The highest BCUT2D eigenvalue weighted by atomic mass is 16.6. The molecule has 0 saturated heterocycles. The van der Waals surface area contributed by atoms with Crippen LogP contribution in [0.25, 0.3) is 0 Å². The summed E-state index contributed by atoms with van der Waals surface area (Å²) < 4.78 is 5.18. The van der Waals surface area contributed by atoms with E-state index in [-0.39, 0.29) is 0 Å². The topological polar surface area (TPSA) is 51.2 Å². The molecule has 4 heteroatoms. The van der Waals surface area contributed by atoms with E-state index in [0.29, 0.717) is 5.69 Å². The van der Waals surface area contributed by atoms with E-state index in [1.54, 1.807) is 6.20 Å². The van der Waals surface area contributed by atoms with Crippen molar-refractivity contribution in [1.82, 2.24) is 4.98 Å². The summed E-state index contributed by atoms with van der Waals surface area (Å²) in [5.74, 6) is 5.84. The molecule has 3 rings (SSSR count). The van der Waals surface area contributed by atoms with E-state index in [2.05, 4.69) is 22.1 Å². The zero-order valence-electron chi connectivity index (χ0n) is 9.96. The molecule has 0 aliphatic carbocycles. The number of nitrogens with zero attached hydrogens (tertiary/aromatic N) is 1. The van der Waals surface area contributed by atoms with Gasteiger partial charge < -0.3 is 4.74 Å². The molecule has 2 aromatic rings. The molecule has 0 spiro atoms. The van der Waals surface area contributed by atoms with E-state index in [1.807, 2.05) is 42.5 Å². The Labute approximate surface area is 110 Å². The molecule has 1 N–H and O–H groups in total. The first-order valence-electron chi connectivity index (χ1n) is 5.82. The fraction of sp³-hybridized carbons (Fsp3) is 0.0667. The molecule has 1 amide bonds. The van der Waals surface area contributed by atoms with Crippen molar-refractivity contribution < 1.29 is 9.53 Å². The van der Waals surface area contributed by atoms with Crippen molar-refractivity contribution in [3.05, 3.63) is 59.9 Å². The number of nitrogens with one attached hydrogen (secondary N) is 1. The minimum Gasteiger partial charge on any atom is -0.428 e. The predicted molar refractivity (Wildman–Crippen MR) is 70.4 cm³/mol. The second kappa shape index (κ2) is 4.83. The van der Waals surface area contributed by atoms with E-state index in [1.165, 1.54) is 0 Å². The quantitative estimate of drug-likeness (QED) is 0.731. The number of carbonyl (C=O) groups excluding carboxylic acids is 1. The lowest BCUT2D eigenvalue weighted by molar-refractivity contribution is 0.134. The van der Waals surface area contributed by atoms with Crippen LogP contribution in [0.15, 0.2) is 48.7 Å². The Hall–Kier alpha value is -2.80. The monoisotopic (exact) mass is 250 g/mol. The molecule has 92 valence electrons. The minimum atomic E-state index is -0.563. The molecule has 0 fully saturated rings. The fourth-order valence-corrected chi connectivity index (χ4v) is 1.83. The number of fused-ring (bicyclic) bond motifs is 1. The molecule has 0 bridgehead atoms. The molecule has 1 aliphatic rings. The van der Waals surface area contributed by atoms with Gasteiger partial charge in [0.2, 0.25) is 0 Å². The molecule has 1 aromatic heterocycles. The number of para-hydroxylation sites is 1. The van der Waals surface area contributed by atoms with Gasteiger partial charge in [0, 0.05) is 11.8 Å². The van der Waals surface area contributed by atoms with Crippen molar-refractivity contribution in [3.8, 4) is 11.8 Å². The maximum Gasteiger partial charge on any atom is 0.413 e. The summed E-state index contributed by atoms with van der Waals surface area (Å²) >= 11 is 0. The summed E-state index contributed by atoms with van der Waals surface area (Å²) in [6.45, 7) is 0. The fourth-order valence-electron chi connectivity index (χ4n) is 1.83. The summed E-state index contributed by atoms with van der Waals surface area (Å²) in [7, 11) is 0. The molecule has 1 unspecified atom stereocenters. The van der Waals surface area contributed by atoms with Crippen LogP contribution in [0.5, 0.6) is 0 Å². The maximum atomic E-state index is 11.4. The number of cyclic esters (lactones) is 1. The zero-order valence-corrected chi connectivity index (χ0v) is 9.96. The third kappa shape index (κ3) is 2.40. The SMILES string of the molecule is O=C1Nc2ccccc2C(C#Cc2ccccn2)O1. The summed E-state index contributed by atoms with van der Waals surface area (Å²) in [4.78, 5) is 15.5. The van der Waals surface area contributed by atoms with Crippen molar-refractivity contribution in [2.75, 3.05) is 5.32 Å². The van der Waals surface area contributed by atoms with Crippen molar-refractivity contribution in [2.24, 2.45) is 0 Å². The number of pyridine rings is 1. The normalized spacial score (nSPS) is 16.4. The number of benzene rings is 1. The standard InChI is InChI=1S/C15H10N2O2/c18-15-17-13-7-2-1-6-12(13)14(19-15)9-8-11-5-3-4-10-16-11/h1-7,10,14H,(H,17,18). The average Bonchev–Trinajstić information content (AvgIpc) is 2.45. The van der Waals surface area contributed by atoms with E-state index in [9.17, 15) is 4.79 Å². The van der Waals surface area contributed by atoms with Crippen LogP contribution in [0.4, 0.5) is 10.5 Å². The number of ether oxygens (including phenoxy) is 1. The highest BCUT2D eigenvalue weighted by molar-refractivity contribution is 5.88. The van der Waals surface area contributed by atoms with Gasteiger partial charge in [-0.2, -0.15) is 0 Å². The number of carbonyl (C=O) groups is 1. The van der Waals surface area contributed by atoms with Gasteiger partial charge in [0.1, 0.15) is 5.69 Å². The highest BCUT2D eigenvalue weighted by Crippen LogP contribution is 2.29. The Balaban J connectivity index is 1.94. The Bertz CT molecular complexity index is 671. The van der Waals surface area contributed by atoms with E-state index in [4.69, 9.17) is 4.74 Å². The minimum absolute atomic E-state index is 0.487. The predicted octanol–water partition coefficient (Wildman–Crippen LogP) is 2.74. The van der Waals surface area contributed by atoms with Gasteiger partial charge in [-0.1, -0.05) is 24.3 Å². The molecule has 1 atom stereocenters. The van der Waals surface area contributed by atoms with Crippen LogP contribution >= 0.6 is 0 Å². The molecular formula is C15H10N2O2. The molecule has 19 heavy (non-hydrogen) atoms. The molecule has 2 heterocycles. The van der Waals surface area contributed by atoms with Crippen LogP contribution in [0, 0.1) is 11.8 Å². The van der Waals surface area contributed by atoms with Crippen molar-refractivity contribution in [2.45, 2.75) is 6.10 Å². The Morgan fingerprint density at radius 1 is 1.16 bits per heavy atom. The molecule has 1 aromatic carbocycles. The average molecular weight is 250 g/mol. The second-order valence-corrected chi connectivity index (χ2v) is 3.98. The molecule has 1 aliphatic heterocycles. The lowest BCUT2D eigenvalue weighted by atomic mass is 10.1. The van der Waals surface area contributed by atoms with Crippen LogP contribution in [0.1, 0.15) is 17.4 Å². The van der Waals surface area contributed by atoms with Crippen LogP contribution in [0.2, 0.25) is 0 Å². The number of aromatic nitrogens is 1. The Morgan fingerprint density at radius 3 is 2.84 bits per heavy atom. The molecular weight excluding hydrogens is 240 g/mol. The highest BCUT2D eigenvalue weighted by Gasteiger charge is 2.23. The van der Waals surface area contributed by atoms with Gasteiger partial charge >= 0.3 is 6.09 Å². The number of hydrogen-bond acceptors (Lipinski definition) is 3. The van der Waals surface area contributed by atoms with Gasteiger partial charge in [0.15, 0.2) is 6.10 Å². The Kier molecular flexibility index (Phi) is 2.87. The van der Waals surface area contributed by atoms with Crippen LogP contribution in [0.3, 0.4) is 0 Å². The summed E-state index contributed by atoms with van der Waals surface area (Å²) in [6, 6.07) is 12.9. The summed E-state index contributed by atoms with van der Waals surface area (Å²) in [5, 5.41) is 2.64. The number of rotatable bonds is 0. The first-order chi connectivity index (χ1) is 9.33. The third-order valence-electron chi connectivity index (χ3n) is 2.70. The van der Waals surface area contributed by atoms with E-state index < -0.39 is 12.2 Å². The largest absolute Gasteiger partial charge is 0.428 e. The molecule has 4 nitrogen and oxygen atoms in total. The van der Waals surface area contributed by atoms with Crippen LogP contribution in [-0.2, 0) is 4.74 Å². The van der Waals surface area contributed by atoms with Crippen LogP contribution in [-0.4, -0.2) is 11.1 Å². The Morgan fingerprint density at radius 2 is 2.00 bits per heavy atom. The molecule has 0 saturated carbocycles. The lowest BCUT2D eigenvalue weighted by Gasteiger charge is -2.22. The van der Waals surface area contributed by atoms with Gasteiger partial charge in [0.25, 0.3) is 0 Å². The van der Waals surface area contributed by atoms with Gasteiger partial charge in [-0.25, -0.2) is 9.78 Å².